The number of rotatable bonds is 3. The van der Waals surface area contributed by atoms with Gasteiger partial charge >= 0.3 is 0 Å². The summed E-state index contributed by atoms with van der Waals surface area (Å²) in [6.07, 6.45) is 2.39. The van der Waals surface area contributed by atoms with E-state index in [1.165, 1.54) is 12.8 Å². The highest BCUT2D eigenvalue weighted by Crippen LogP contribution is 2.15. The normalized spacial score (nSPS) is 20.5. The summed E-state index contributed by atoms with van der Waals surface area (Å²) in [6, 6.07) is 7.85. The molecule has 1 amide bonds. The fraction of sp³-hybridized carbons (Fsp3) is 0.462. The lowest BCUT2D eigenvalue weighted by Crippen LogP contribution is -2.38. The number of thiol groups is 1. The lowest BCUT2D eigenvalue weighted by molar-refractivity contribution is 0.0941. The van der Waals surface area contributed by atoms with Gasteiger partial charge in [-0.15, -0.1) is 12.6 Å². The van der Waals surface area contributed by atoms with E-state index in [1.54, 1.807) is 6.07 Å². The van der Waals surface area contributed by atoms with Crippen molar-refractivity contribution in [3.05, 3.63) is 29.8 Å². The Morgan fingerprint density at radius 1 is 1.53 bits per heavy atom. The van der Waals surface area contributed by atoms with Gasteiger partial charge in [-0.05, 0) is 38.6 Å². The standard InChI is InChI=1S/C13H18N2OS/c1-15-8-4-5-10(15)9-14-13(16)11-6-2-3-7-12(11)17/h2-3,6-7,10,17H,4-5,8-9H2,1H3,(H,14,16). The predicted octanol–water partition coefficient (Wildman–Crippen LogP) is 1.80. The zero-order valence-electron chi connectivity index (χ0n) is 10.0. The van der Waals surface area contributed by atoms with Crippen LogP contribution < -0.4 is 5.32 Å². The van der Waals surface area contributed by atoms with Crippen molar-refractivity contribution in [2.75, 3.05) is 20.1 Å². The summed E-state index contributed by atoms with van der Waals surface area (Å²) in [5, 5.41) is 2.98. The summed E-state index contributed by atoms with van der Waals surface area (Å²) in [4.78, 5) is 15.0. The Bertz CT molecular complexity index is 408. The van der Waals surface area contributed by atoms with Gasteiger partial charge in [0.2, 0.25) is 0 Å². The third-order valence-corrected chi connectivity index (χ3v) is 3.71. The summed E-state index contributed by atoms with van der Waals surface area (Å²) >= 11 is 4.29. The van der Waals surface area contributed by atoms with Crippen LogP contribution in [0.15, 0.2) is 29.2 Å². The van der Waals surface area contributed by atoms with Crippen LogP contribution in [0.1, 0.15) is 23.2 Å². The Balaban J connectivity index is 1.91. The van der Waals surface area contributed by atoms with E-state index >= 15 is 0 Å². The molecule has 1 fully saturated rings. The molecule has 92 valence electrons. The van der Waals surface area contributed by atoms with E-state index in [-0.39, 0.29) is 5.91 Å². The first-order valence-corrected chi connectivity index (χ1v) is 6.39. The van der Waals surface area contributed by atoms with E-state index in [4.69, 9.17) is 0 Å². The number of carbonyl (C=O) groups is 1. The second kappa shape index (κ2) is 5.56. The molecule has 0 aromatic heterocycles. The average molecular weight is 250 g/mol. The molecule has 1 unspecified atom stereocenters. The minimum atomic E-state index is -0.0316. The van der Waals surface area contributed by atoms with Crippen molar-refractivity contribution in [2.45, 2.75) is 23.8 Å². The number of hydrogen-bond donors (Lipinski definition) is 2. The van der Waals surface area contributed by atoms with Crippen LogP contribution in [0.5, 0.6) is 0 Å². The minimum absolute atomic E-state index is 0.0316. The van der Waals surface area contributed by atoms with E-state index in [2.05, 4.69) is 29.9 Å². The first-order chi connectivity index (χ1) is 8.18. The molecule has 1 heterocycles. The van der Waals surface area contributed by atoms with Crippen molar-refractivity contribution in [2.24, 2.45) is 0 Å². The topological polar surface area (TPSA) is 32.3 Å². The molecule has 1 atom stereocenters. The Hall–Kier alpha value is -1.00. The van der Waals surface area contributed by atoms with E-state index in [0.29, 0.717) is 11.6 Å². The Morgan fingerprint density at radius 3 is 2.94 bits per heavy atom. The molecule has 0 bridgehead atoms. The van der Waals surface area contributed by atoms with Crippen LogP contribution in [0.25, 0.3) is 0 Å². The van der Waals surface area contributed by atoms with E-state index in [1.807, 2.05) is 18.2 Å². The zero-order chi connectivity index (χ0) is 12.3. The van der Waals surface area contributed by atoms with Gasteiger partial charge in [0.05, 0.1) is 5.56 Å². The molecule has 1 aromatic carbocycles. The maximum absolute atomic E-state index is 12.0. The number of nitrogens with one attached hydrogen (secondary N) is 1. The Kier molecular flexibility index (Phi) is 4.07. The van der Waals surface area contributed by atoms with Gasteiger partial charge in [0.25, 0.3) is 5.91 Å². The summed E-state index contributed by atoms with van der Waals surface area (Å²) in [7, 11) is 2.11. The maximum Gasteiger partial charge on any atom is 0.252 e. The molecule has 1 saturated heterocycles. The fourth-order valence-electron chi connectivity index (χ4n) is 2.21. The quantitative estimate of drug-likeness (QED) is 0.802. The lowest BCUT2D eigenvalue weighted by Gasteiger charge is -2.19. The Morgan fingerprint density at radius 2 is 2.29 bits per heavy atom. The SMILES string of the molecule is CN1CCCC1CNC(=O)c1ccccc1S. The second-order valence-corrected chi connectivity index (χ2v) is 4.99. The van der Waals surface area contributed by atoms with Crippen molar-refractivity contribution >= 4 is 18.5 Å². The molecule has 4 heteroatoms. The first kappa shape index (κ1) is 12.5. The van der Waals surface area contributed by atoms with Gasteiger partial charge in [-0.3, -0.25) is 4.79 Å². The molecule has 1 aromatic rings. The van der Waals surface area contributed by atoms with Gasteiger partial charge in [0, 0.05) is 17.5 Å². The molecule has 2 rings (SSSR count). The highest BCUT2D eigenvalue weighted by molar-refractivity contribution is 7.80. The smallest absolute Gasteiger partial charge is 0.252 e. The minimum Gasteiger partial charge on any atom is -0.350 e. The van der Waals surface area contributed by atoms with Gasteiger partial charge < -0.3 is 10.2 Å². The monoisotopic (exact) mass is 250 g/mol. The largest absolute Gasteiger partial charge is 0.350 e. The molecule has 1 aliphatic rings. The van der Waals surface area contributed by atoms with Gasteiger partial charge in [-0.1, -0.05) is 12.1 Å². The third kappa shape index (κ3) is 3.01. The predicted molar refractivity (Wildman–Crippen MR) is 71.7 cm³/mol. The van der Waals surface area contributed by atoms with Crippen LogP contribution in [0.3, 0.4) is 0 Å². The maximum atomic E-state index is 12.0. The van der Waals surface area contributed by atoms with Crippen LogP contribution in [0, 0.1) is 0 Å². The molecule has 0 spiro atoms. The number of benzene rings is 1. The number of likely N-dealkylation sites (N-methyl/N-ethyl adjacent to an activating group) is 1. The summed E-state index contributed by atoms with van der Waals surface area (Å²) < 4.78 is 0. The number of carbonyl (C=O) groups excluding carboxylic acids is 1. The van der Waals surface area contributed by atoms with E-state index in [9.17, 15) is 4.79 Å². The van der Waals surface area contributed by atoms with Crippen molar-refractivity contribution in [1.82, 2.24) is 10.2 Å². The second-order valence-electron chi connectivity index (χ2n) is 4.50. The zero-order valence-corrected chi connectivity index (χ0v) is 10.9. The molecule has 0 saturated carbocycles. The first-order valence-electron chi connectivity index (χ1n) is 5.95. The highest BCUT2D eigenvalue weighted by Gasteiger charge is 2.21. The van der Waals surface area contributed by atoms with Crippen LogP contribution >= 0.6 is 12.6 Å². The van der Waals surface area contributed by atoms with Crippen LogP contribution in [0.4, 0.5) is 0 Å². The van der Waals surface area contributed by atoms with E-state index < -0.39 is 0 Å². The molecular formula is C13H18N2OS. The molecular weight excluding hydrogens is 232 g/mol. The van der Waals surface area contributed by atoms with Crippen LogP contribution in [-0.4, -0.2) is 37.0 Å². The summed E-state index contributed by atoms with van der Waals surface area (Å²) in [5.41, 5.74) is 0.650. The molecule has 17 heavy (non-hydrogen) atoms. The number of nitrogens with zero attached hydrogens (tertiary/aromatic N) is 1. The molecule has 0 aliphatic carbocycles. The van der Waals surface area contributed by atoms with Crippen LogP contribution in [-0.2, 0) is 0 Å². The molecule has 3 nitrogen and oxygen atoms in total. The van der Waals surface area contributed by atoms with Crippen LogP contribution in [0.2, 0.25) is 0 Å². The fourth-order valence-corrected chi connectivity index (χ4v) is 2.47. The number of likely N-dealkylation sites (tertiary alicyclic amines) is 1. The number of hydrogen-bond acceptors (Lipinski definition) is 3. The van der Waals surface area contributed by atoms with E-state index in [0.717, 1.165) is 18.0 Å². The van der Waals surface area contributed by atoms with Crippen molar-refractivity contribution in [1.29, 1.82) is 0 Å². The molecule has 0 radical (unpaired) electrons. The van der Waals surface area contributed by atoms with Crippen molar-refractivity contribution in [3.63, 3.8) is 0 Å². The van der Waals surface area contributed by atoms with Gasteiger partial charge in [0.15, 0.2) is 0 Å². The van der Waals surface area contributed by atoms with Gasteiger partial charge in [0.1, 0.15) is 0 Å². The molecule has 1 N–H and O–H groups in total. The van der Waals surface area contributed by atoms with Crippen molar-refractivity contribution < 1.29 is 4.79 Å². The Labute approximate surface area is 108 Å². The summed E-state index contributed by atoms with van der Waals surface area (Å²) in [5.74, 6) is -0.0316. The van der Waals surface area contributed by atoms with Gasteiger partial charge in [-0.25, -0.2) is 0 Å². The average Bonchev–Trinajstić information content (AvgIpc) is 2.72. The summed E-state index contributed by atoms with van der Waals surface area (Å²) in [6.45, 7) is 1.85. The third-order valence-electron chi connectivity index (χ3n) is 3.32. The van der Waals surface area contributed by atoms with Crippen molar-refractivity contribution in [3.8, 4) is 0 Å². The molecule has 1 aliphatic heterocycles. The number of amides is 1. The highest BCUT2D eigenvalue weighted by atomic mass is 32.1. The van der Waals surface area contributed by atoms with Gasteiger partial charge in [-0.2, -0.15) is 0 Å². The lowest BCUT2D eigenvalue weighted by atomic mass is 10.2.